The molecular formula is C44H52B2O8. The second kappa shape index (κ2) is 16.5. The molecule has 0 spiro atoms. The smallest absolute Gasteiger partial charge is 0.465 e. The van der Waals surface area contributed by atoms with E-state index in [-0.39, 0.29) is 48.6 Å². The largest absolute Gasteiger partial charge is 0.494 e. The topological polar surface area (TPSA) is 89.5 Å². The minimum atomic E-state index is -0.373. The van der Waals surface area contributed by atoms with E-state index in [9.17, 15) is 9.59 Å². The van der Waals surface area contributed by atoms with Gasteiger partial charge in [-0.3, -0.25) is 0 Å². The normalized spacial score (nSPS) is 17.9. The Kier molecular flexibility index (Phi) is 12.4. The first-order valence-corrected chi connectivity index (χ1v) is 18.4. The number of esters is 2. The van der Waals surface area contributed by atoms with Crippen molar-refractivity contribution in [1.82, 2.24) is 0 Å². The van der Waals surface area contributed by atoms with Gasteiger partial charge in [0, 0.05) is 0 Å². The van der Waals surface area contributed by atoms with Crippen molar-refractivity contribution in [2.75, 3.05) is 14.2 Å². The summed E-state index contributed by atoms with van der Waals surface area (Å²) in [6.07, 6.45) is 5.84. The van der Waals surface area contributed by atoms with Crippen molar-refractivity contribution in [3.63, 3.8) is 0 Å². The minimum absolute atomic E-state index is 0.309. The minimum Gasteiger partial charge on any atom is -0.465 e. The van der Waals surface area contributed by atoms with Crippen molar-refractivity contribution in [2.45, 2.75) is 90.6 Å². The Morgan fingerprint density at radius 3 is 1.41 bits per heavy atom. The van der Waals surface area contributed by atoms with Crippen molar-refractivity contribution in [2.24, 2.45) is 0 Å². The first-order chi connectivity index (χ1) is 25.4. The summed E-state index contributed by atoms with van der Waals surface area (Å²) in [7, 11) is 2.06. The zero-order valence-electron chi connectivity index (χ0n) is 33.2. The highest BCUT2D eigenvalue weighted by atomic mass is 16.7. The van der Waals surface area contributed by atoms with Crippen LogP contribution in [-0.2, 0) is 40.9 Å². The quantitative estimate of drug-likeness (QED) is 0.0995. The van der Waals surface area contributed by atoms with Crippen LogP contribution in [-0.4, -0.2) is 62.8 Å². The fourth-order valence-electron chi connectivity index (χ4n) is 5.92. The van der Waals surface area contributed by atoms with Crippen LogP contribution in [0.2, 0.25) is 0 Å². The maximum Gasteiger partial charge on any atom is 0.494 e. The molecule has 4 aromatic carbocycles. The summed E-state index contributed by atoms with van der Waals surface area (Å²) in [5, 5.41) is 0. The highest BCUT2D eigenvalue weighted by Crippen LogP contribution is 2.37. The summed E-state index contributed by atoms with van der Waals surface area (Å²) < 4.78 is 34.0. The summed E-state index contributed by atoms with van der Waals surface area (Å²) in [6, 6.07) is 31.4. The molecule has 2 heterocycles. The summed E-state index contributed by atoms with van der Waals surface area (Å²) in [4.78, 5) is 23.0. The Bertz CT molecular complexity index is 1920. The van der Waals surface area contributed by atoms with E-state index in [1.54, 1.807) is 12.1 Å². The molecule has 2 fully saturated rings. The SMILES string of the molecule is COC(=O)c1ccc(/C=C/c2cccc(B3OC(C)(C)C(C)(C)O3)c2)cc1.COC(=O)c1ccc(CCc2cccc(B3OC(C)(C)C(C)(C)O3)c2)cc1. The van der Waals surface area contributed by atoms with Gasteiger partial charge in [-0.25, -0.2) is 9.59 Å². The molecule has 2 aliphatic heterocycles. The van der Waals surface area contributed by atoms with Crippen LogP contribution in [0.15, 0.2) is 97.1 Å². The number of ether oxygens (including phenoxy) is 2. The Balaban J connectivity index is 0.000000208. The zero-order chi connectivity index (χ0) is 39.3. The predicted molar refractivity (Wildman–Crippen MR) is 216 cm³/mol. The molecule has 0 amide bonds. The third-order valence-electron chi connectivity index (χ3n) is 10.8. The highest BCUT2D eigenvalue weighted by Gasteiger charge is 2.52. The number of hydrogen-bond donors (Lipinski definition) is 0. The zero-order valence-corrected chi connectivity index (χ0v) is 33.2. The monoisotopic (exact) mass is 730 g/mol. The summed E-state index contributed by atoms with van der Waals surface area (Å²) in [6.45, 7) is 16.5. The number of carbonyl (C=O) groups is 2. The van der Waals surface area contributed by atoms with Gasteiger partial charge in [0.1, 0.15) is 0 Å². The Hall–Kier alpha value is -4.47. The Morgan fingerprint density at radius 2 is 0.926 bits per heavy atom. The van der Waals surface area contributed by atoms with Crippen LogP contribution in [0, 0.1) is 0 Å². The number of methoxy groups -OCH3 is 2. The van der Waals surface area contributed by atoms with E-state index in [2.05, 4.69) is 85.7 Å². The lowest BCUT2D eigenvalue weighted by Gasteiger charge is -2.32. The summed E-state index contributed by atoms with van der Waals surface area (Å²) in [5.74, 6) is -0.641. The van der Waals surface area contributed by atoms with E-state index < -0.39 is 0 Å². The summed E-state index contributed by atoms with van der Waals surface area (Å²) in [5.41, 5.74) is 6.25. The number of rotatable bonds is 9. The third-order valence-corrected chi connectivity index (χ3v) is 10.8. The molecule has 0 atom stereocenters. The first kappa shape index (κ1) is 40.7. The lowest BCUT2D eigenvalue weighted by Crippen LogP contribution is -2.41. The second-order valence-corrected chi connectivity index (χ2v) is 15.7. The van der Waals surface area contributed by atoms with E-state index in [1.165, 1.54) is 25.3 Å². The Morgan fingerprint density at radius 1 is 0.519 bits per heavy atom. The van der Waals surface area contributed by atoms with Gasteiger partial charge in [0.05, 0.1) is 47.8 Å². The van der Waals surface area contributed by atoms with E-state index in [0.717, 1.165) is 34.9 Å². The molecule has 0 unspecified atom stereocenters. The van der Waals surface area contributed by atoms with Gasteiger partial charge in [0.15, 0.2) is 0 Å². The molecule has 0 bridgehead atoms. The van der Waals surface area contributed by atoms with Crippen molar-refractivity contribution in [1.29, 1.82) is 0 Å². The fraction of sp³-hybridized carbons (Fsp3) is 0.364. The van der Waals surface area contributed by atoms with Gasteiger partial charge < -0.3 is 28.1 Å². The van der Waals surface area contributed by atoms with Gasteiger partial charge in [-0.05, 0) is 126 Å². The fourth-order valence-corrected chi connectivity index (χ4v) is 5.92. The van der Waals surface area contributed by atoms with Crippen LogP contribution in [0.5, 0.6) is 0 Å². The lowest BCUT2D eigenvalue weighted by atomic mass is 9.78. The van der Waals surface area contributed by atoms with E-state index in [0.29, 0.717) is 11.1 Å². The molecule has 2 aliphatic rings. The van der Waals surface area contributed by atoms with Crippen molar-refractivity contribution in [3.8, 4) is 0 Å². The van der Waals surface area contributed by atoms with Crippen LogP contribution in [0.3, 0.4) is 0 Å². The third kappa shape index (κ3) is 9.60. The number of aryl methyl sites for hydroxylation is 2. The van der Waals surface area contributed by atoms with Gasteiger partial charge in [-0.1, -0.05) is 84.9 Å². The molecule has 10 heteroatoms. The number of carbonyl (C=O) groups excluding carboxylic acids is 2. The molecule has 54 heavy (non-hydrogen) atoms. The lowest BCUT2D eigenvalue weighted by molar-refractivity contribution is 0.00578. The average Bonchev–Trinajstić information content (AvgIpc) is 3.52. The van der Waals surface area contributed by atoms with Crippen molar-refractivity contribution < 1.29 is 37.7 Å². The average molecular weight is 731 g/mol. The number of benzene rings is 4. The van der Waals surface area contributed by atoms with E-state index in [1.807, 2.05) is 66.7 Å². The van der Waals surface area contributed by atoms with Crippen LogP contribution >= 0.6 is 0 Å². The van der Waals surface area contributed by atoms with Crippen LogP contribution < -0.4 is 10.9 Å². The molecule has 8 nitrogen and oxygen atoms in total. The van der Waals surface area contributed by atoms with Crippen LogP contribution in [0.1, 0.15) is 98.4 Å². The maximum absolute atomic E-state index is 11.5. The summed E-state index contributed by atoms with van der Waals surface area (Å²) >= 11 is 0. The number of hydrogen-bond acceptors (Lipinski definition) is 8. The molecule has 0 aromatic heterocycles. The van der Waals surface area contributed by atoms with Crippen LogP contribution in [0.25, 0.3) is 12.2 Å². The second-order valence-electron chi connectivity index (χ2n) is 15.7. The molecular weight excluding hydrogens is 678 g/mol. The van der Waals surface area contributed by atoms with Gasteiger partial charge in [-0.2, -0.15) is 0 Å². The molecule has 6 rings (SSSR count). The molecule has 4 aromatic rings. The first-order valence-electron chi connectivity index (χ1n) is 18.4. The van der Waals surface area contributed by atoms with E-state index >= 15 is 0 Å². The highest BCUT2D eigenvalue weighted by molar-refractivity contribution is 6.62. The molecule has 282 valence electrons. The molecule has 0 N–H and O–H groups in total. The molecule has 2 saturated heterocycles. The predicted octanol–water partition coefficient (Wildman–Crippen LogP) is 7.50. The van der Waals surface area contributed by atoms with Crippen LogP contribution in [0.4, 0.5) is 0 Å². The molecule has 0 aliphatic carbocycles. The van der Waals surface area contributed by atoms with Gasteiger partial charge in [-0.15, -0.1) is 0 Å². The molecule has 0 radical (unpaired) electrons. The van der Waals surface area contributed by atoms with Gasteiger partial charge >= 0.3 is 26.2 Å². The van der Waals surface area contributed by atoms with Gasteiger partial charge in [0.2, 0.25) is 0 Å². The van der Waals surface area contributed by atoms with Gasteiger partial charge in [0.25, 0.3) is 0 Å². The molecule has 0 saturated carbocycles. The maximum atomic E-state index is 11.5. The van der Waals surface area contributed by atoms with Crippen molar-refractivity contribution in [3.05, 3.63) is 130 Å². The standard InChI is InChI=1S/C22H27BO4.C22H25BO4/c2*1-21(2)22(3,4)27-23(26-21)19-8-6-7-17(15-19)10-9-16-11-13-18(14-12-16)20(24)25-5/h6-8,11-15H,9-10H2,1-5H3;6-15H,1-5H3/b;10-9+. The van der Waals surface area contributed by atoms with Crippen molar-refractivity contribution >= 4 is 49.3 Å². The Labute approximate surface area is 321 Å². The van der Waals surface area contributed by atoms with E-state index in [4.69, 9.17) is 28.1 Å².